The van der Waals surface area contributed by atoms with E-state index in [0.29, 0.717) is 17.0 Å². The average Bonchev–Trinajstić information content (AvgIpc) is 2.98. The molecule has 0 atom stereocenters. The minimum absolute atomic E-state index is 0.209. The standard InChI is InChI=1S/C16H11NO3/c18-16(19)13-9-5-4-8-12(13)14-10-15(20-17-14)11-6-2-1-3-7-11/h1-10H,(H,18,19). The number of nitrogens with zero attached hydrogens (tertiary/aromatic N) is 1. The highest BCUT2D eigenvalue weighted by molar-refractivity contribution is 5.95. The molecule has 2 aromatic carbocycles. The topological polar surface area (TPSA) is 63.3 Å². The van der Waals surface area contributed by atoms with Crippen molar-refractivity contribution < 1.29 is 14.4 Å². The summed E-state index contributed by atoms with van der Waals surface area (Å²) in [5, 5.41) is 13.2. The minimum atomic E-state index is -0.982. The van der Waals surface area contributed by atoms with E-state index in [1.54, 1.807) is 30.3 Å². The molecule has 0 saturated carbocycles. The summed E-state index contributed by atoms with van der Waals surface area (Å²) in [6.45, 7) is 0. The second-order valence-corrected chi connectivity index (χ2v) is 4.29. The molecule has 98 valence electrons. The van der Waals surface area contributed by atoms with Crippen LogP contribution in [0.25, 0.3) is 22.6 Å². The Kier molecular flexibility index (Phi) is 3.05. The summed E-state index contributed by atoms with van der Waals surface area (Å²) in [6.07, 6.45) is 0. The fraction of sp³-hybridized carbons (Fsp3) is 0. The highest BCUT2D eigenvalue weighted by Crippen LogP contribution is 2.27. The van der Waals surface area contributed by atoms with Crippen LogP contribution in [-0.2, 0) is 0 Å². The van der Waals surface area contributed by atoms with Crippen LogP contribution in [0.1, 0.15) is 10.4 Å². The van der Waals surface area contributed by atoms with E-state index in [1.165, 1.54) is 0 Å². The maximum atomic E-state index is 11.2. The number of rotatable bonds is 3. The Labute approximate surface area is 115 Å². The molecule has 1 aromatic heterocycles. The first-order chi connectivity index (χ1) is 9.75. The van der Waals surface area contributed by atoms with Crippen molar-refractivity contribution in [3.05, 3.63) is 66.2 Å². The van der Waals surface area contributed by atoms with Crippen LogP contribution in [0.15, 0.2) is 65.2 Å². The lowest BCUT2D eigenvalue weighted by molar-refractivity contribution is 0.0697. The van der Waals surface area contributed by atoms with Gasteiger partial charge in [-0.15, -0.1) is 0 Å². The van der Waals surface area contributed by atoms with E-state index in [-0.39, 0.29) is 5.56 Å². The number of carboxylic acids is 1. The zero-order valence-electron chi connectivity index (χ0n) is 10.5. The van der Waals surface area contributed by atoms with Gasteiger partial charge >= 0.3 is 5.97 Å². The molecule has 0 aliphatic carbocycles. The lowest BCUT2D eigenvalue weighted by Crippen LogP contribution is -1.98. The Balaban J connectivity index is 2.05. The van der Waals surface area contributed by atoms with Crippen LogP contribution in [0.3, 0.4) is 0 Å². The number of benzene rings is 2. The Morgan fingerprint density at radius 1 is 1.00 bits per heavy atom. The minimum Gasteiger partial charge on any atom is -0.478 e. The van der Waals surface area contributed by atoms with Gasteiger partial charge in [0.15, 0.2) is 5.76 Å². The fourth-order valence-electron chi connectivity index (χ4n) is 2.03. The number of hydrogen-bond acceptors (Lipinski definition) is 3. The summed E-state index contributed by atoms with van der Waals surface area (Å²) in [7, 11) is 0. The van der Waals surface area contributed by atoms with Crippen LogP contribution in [0.4, 0.5) is 0 Å². The second kappa shape index (κ2) is 5.01. The number of aromatic nitrogens is 1. The number of carboxylic acid groups (broad SMARTS) is 1. The van der Waals surface area contributed by atoms with Crippen molar-refractivity contribution in [2.45, 2.75) is 0 Å². The summed E-state index contributed by atoms with van der Waals surface area (Å²) in [5.74, 6) is -0.370. The van der Waals surface area contributed by atoms with Gasteiger partial charge in [-0.05, 0) is 6.07 Å². The van der Waals surface area contributed by atoms with E-state index in [1.807, 2.05) is 30.3 Å². The van der Waals surface area contributed by atoms with E-state index >= 15 is 0 Å². The molecule has 0 radical (unpaired) electrons. The SMILES string of the molecule is O=C(O)c1ccccc1-c1cc(-c2ccccc2)on1. The molecular formula is C16H11NO3. The molecule has 0 aliphatic rings. The maximum Gasteiger partial charge on any atom is 0.336 e. The highest BCUT2D eigenvalue weighted by atomic mass is 16.5. The van der Waals surface area contributed by atoms with Gasteiger partial charge in [0, 0.05) is 17.2 Å². The van der Waals surface area contributed by atoms with Crippen LogP contribution in [0.2, 0.25) is 0 Å². The van der Waals surface area contributed by atoms with Crippen LogP contribution >= 0.6 is 0 Å². The summed E-state index contributed by atoms with van der Waals surface area (Å²) in [5.41, 5.74) is 2.17. The third-order valence-corrected chi connectivity index (χ3v) is 3.00. The zero-order valence-corrected chi connectivity index (χ0v) is 10.5. The van der Waals surface area contributed by atoms with E-state index < -0.39 is 5.97 Å². The smallest absolute Gasteiger partial charge is 0.336 e. The van der Waals surface area contributed by atoms with Crippen molar-refractivity contribution in [1.29, 1.82) is 0 Å². The molecule has 20 heavy (non-hydrogen) atoms. The molecule has 0 amide bonds. The molecule has 3 aromatic rings. The van der Waals surface area contributed by atoms with Crippen LogP contribution in [0.5, 0.6) is 0 Å². The van der Waals surface area contributed by atoms with Crippen molar-refractivity contribution in [2.24, 2.45) is 0 Å². The highest BCUT2D eigenvalue weighted by Gasteiger charge is 2.15. The molecule has 4 nitrogen and oxygen atoms in total. The third kappa shape index (κ3) is 2.19. The van der Waals surface area contributed by atoms with Gasteiger partial charge in [0.2, 0.25) is 0 Å². The molecule has 3 rings (SSSR count). The quantitative estimate of drug-likeness (QED) is 0.784. The first-order valence-electron chi connectivity index (χ1n) is 6.10. The third-order valence-electron chi connectivity index (χ3n) is 3.00. The van der Waals surface area contributed by atoms with Gasteiger partial charge < -0.3 is 9.63 Å². The normalized spacial score (nSPS) is 10.4. The van der Waals surface area contributed by atoms with Crippen molar-refractivity contribution in [1.82, 2.24) is 5.16 Å². The molecule has 0 saturated heterocycles. The van der Waals surface area contributed by atoms with Gasteiger partial charge in [-0.1, -0.05) is 53.7 Å². The van der Waals surface area contributed by atoms with Crippen molar-refractivity contribution >= 4 is 5.97 Å². The van der Waals surface area contributed by atoms with Gasteiger partial charge in [-0.2, -0.15) is 0 Å². The van der Waals surface area contributed by atoms with E-state index in [4.69, 9.17) is 4.52 Å². The molecule has 0 spiro atoms. The van der Waals surface area contributed by atoms with Gasteiger partial charge in [0.1, 0.15) is 5.69 Å². The Hall–Kier alpha value is -2.88. The van der Waals surface area contributed by atoms with E-state index in [9.17, 15) is 9.90 Å². The molecule has 0 unspecified atom stereocenters. The second-order valence-electron chi connectivity index (χ2n) is 4.29. The first kappa shape index (κ1) is 12.2. The van der Waals surface area contributed by atoms with E-state index in [0.717, 1.165) is 5.56 Å². The number of aromatic carboxylic acids is 1. The fourth-order valence-corrected chi connectivity index (χ4v) is 2.03. The maximum absolute atomic E-state index is 11.2. The van der Waals surface area contributed by atoms with Gasteiger partial charge in [-0.25, -0.2) is 4.79 Å². The van der Waals surface area contributed by atoms with Crippen LogP contribution in [0, 0.1) is 0 Å². The van der Waals surface area contributed by atoms with Gasteiger partial charge in [0.25, 0.3) is 0 Å². The zero-order chi connectivity index (χ0) is 13.9. The average molecular weight is 265 g/mol. The Morgan fingerprint density at radius 2 is 1.70 bits per heavy atom. The van der Waals surface area contributed by atoms with E-state index in [2.05, 4.69) is 5.16 Å². The first-order valence-corrected chi connectivity index (χ1v) is 6.10. The predicted molar refractivity (Wildman–Crippen MR) is 74.3 cm³/mol. The van der Waals surface area contributed by atoms with Gasteiger partial charge in [0.05, 0.1) is 5.56 Å². The summed E-state index contributed by atoms with van der Waals surface area (Å²) in [4.78, 5) is 11.2. The molecule has 1 N–H and O–H groups in total. The number of hydrogen-bond donors (Lipinski definition) is 1. The van der Waals surface area contributed by atoms with Gasteiger partial charge in [-0.3, -0.25) is 0 Å². The monoisotopic (exact) mass is 265 g/mol. The Morgan fingerprint density at radius 3 is 2.45 bits per heavy atom. The summed E-state index contributed by atoms with van der Waals surface area (Å²) < 4.78 is 5.30. The lowest BCUT2D eigenvalue weighted by Gasteiger charge is -2.00. The molecule has 4 heteroatoms. The van der Waals surface area contributed by atoms with Crippen molar-refractivity contribution in [3.63, 3.8) is 0 Å². The van der Waals surface area contributed by atoms with Crippen LogP contribution < -0.4 is 0 Å². The molecule has 0 bridgehead atoms. The van der Waals surface area contributed by atoms with Crippen molar-refractivity contribution in [3.8, 4) is 22.6 Å². The number of carbonyl (C=O) groups is 1. The molecule has 0 aliphatic heterocycles. The molecule has 1 heterocycles. The Bertz CT molecular complexity index is 747. The predicted octanol–water partition coefficient (Wildman–Crippen LogP) is 3.71. The van der Waals surface area contributed by atoms with Crippen molar-refractivity contribution in [2.75, 3.05) is 0 Å². The molecular weight excluding hydrogens is 254 g/mol. The summed E-state index contributed by atoms with van der Waals surface area (Å²) in [6, 6.07) is 18.0. The van der Waals surface area contributed by atoms with Crippen LogP contribution in [-0.4, -0.2) is 16.2 Å². The lowest BCUT2D eigenvalue weighted by atomic mass is 10.0. The largest absolute Gasteiger partial charge is 0.478 e. The summed E-state index contributed by atoms with van der Waals surface area (Å²) >= 11 is 0. The molecule has 0 fully saturated rings.